The van der Waals surface area contributed by atoms with Crippen LogP contribution in [-0.4, -0.2) is 35.3 Å². The van der Waals surface area contributed by atoms with Crippen molar-refractivity contribution in [1.82, 2.24) is 0 Å². The monoisotopic (exact) mass is 390 g/mol. The zero-order valence-electron chi connectivity index (χ0n) is 16.2. The van der Waals surface area contributed by atoms with Crippen LogP contribution in [0.3, 0.4) is 0 Å². The summed E-state index contributed by atoms with van der Waals surface area (Å²) in [5.74, 6) is 0. The minimum atomic E-state index is -0.966. The minimum absolute atomic E-state index is 0.234. The van der Waals surface area contributed by atoms with Gasteiger partial charge in [-0.2, -0.15) is 0 Å². The van der Waals surface area contributed by atoms with Crippen molar-refractivity contribution in [3.05, 3.63) is 108 Å². The number of rotatable bonds is 6. The lowest BCUT2D eigenvalue weighted by molar-refractivity contribution is -0.208. The summed E-state index contributed by atoms with van der Waals surface area (Å²) in [5.41, 5.74) is 2.19. The van der Waals surface area contributed by atoms with Crippen molar-refractivity contribution in [2.75, 3.05) is 6.61 Å². The molecule has 0 spiro atoms. The normalized spacial score (nSPS) is 22.3. The van der Waals surface area contributed by atoms with E-state index in [1.807, 2.05) is 54.6 Å². The molecule has 1 fully saturated rings. The van der Waals surface area contributed by atoms with E-state index in [2.05, 4.69) is 36.4 Å². The Morgan fingerprint density at radius 1 is 0.724 bits per heavy atom. The first-order valence-electron chi connectivity index (χ1n) is 10.0. The van der Waals surface area contributed by atoms with Crippen molar-refractivity contribution in [3.63, 3.8) is 0 Å². The third-order valence-corrected chi connectivity index (χ3v) is 5.38. The van der Waals surface area contributed by atoms with Crippen molar-refractivity contribution in [3.8, 4) is 0 Å². The van der Waals surface area contributed by atoms with E-state index in [4.69, 9.17) is 9.47 Å². The predicted molar refractivity (Wildman–Crippen MR) is 111 cm³/mol. The number of hydrogen-bond acceptors (Lipinski definition) is 4. The Morgan fingerprint density at radius 3 is 1.59 bits per heavy atom. The second-order valence-corrected chi connectivity index (χ2v) is 7.43. The van der Waals surface area contributed by atoms with E-state index in [0.717, 1.165) is 16.7 Å². The van der Waals surface area contributed by atoms with Gasteiger partial charge in [0, 0.05) is 12.8 Å². The maximum Gasteiger partial charge on any atom is 0.157 e. The Morgan fingerprint density at radius 2 is 1.17 bits per heavy atom. The molecule has 4 rings (SSSR count). The van der Waals surface area contributed by atoms with Gasteiger partial charge in [0.1, 0.15) is 5.60 Å². The van der Waals surface area contributed by atoms with Gasteiger partial charge in [-0.3, -0.25) is 0 Å². The molecule has 0 amide bonds. The van der Waals surface area contributed by atoms with E-state index >= 15 is 0 Å². The van der Waals surface area contributed by atoms with Crippen LogP contribution in [-0.2, 0) is 15.1 Å². The fourth-order valence-electron chi connectivity index (χ4n) is 4.06. The molecule has 0 aliphatic carbocycles. The zero-order chi connectivity index (χ0) is 20.1. The molecule has 3 aromatic carbocycles. The summed E-state index contributed by atoms with van der Waals surface area (Å²) < 4.78 is 12.3. The molecule has 150 valence electrons. The van der Waals surface area contributed by atoms with E-state index in [1.165, 1.54) is 0 Å². The first-order chi connectivity index (χ1) is 14.2. The van der Waals surface area contributed by atoms with E-state index < -0.39 is 18.0 Å². The number of benzene rings is 3. The van der Waals surface area contributed by atoms with Gasteiger partial charge in [0.2, 0.25) is 0 Å². The molecule has 2 N–H and O–H groups in total. The zero-order valence-corrected chi connectivity index (χ0v) is 16.2. The molecule has 0 aromatic heterocycles. The summed E-state index contributed by atoms with van der Waals surface area (Å²) in [5, 5.41) is 19.9. The standard InChI is InChI=1S/C25H26O4/c26-22-16-23(29-24(27)17-22)18-28-25(19-10-4-1-5-11-19,20-12-6-2-7-13-20)21-14-8-3-9-15-21/h1-15,22-24,26-27H,16-18H2. The summed E-state index contributed by atoms with van der Waals surface area (Å²) in [6, 6.07) is 30.4. The largest absolute Gasteiger partial charge is 0.393 e. The Bertz CT molecular complexity index is 776. The van der Waals surface area contributed by atoms with E-state index in [1.54, 1.807) is 0 Å². The highest BCUT2D eigenvalue weighted by Crippen LogP contribution is 2.40. The molecule has 4 heteroatoms. The van der Waals surface area contributed by atoms with Gasteiger partial charge in [-0.15, -0.1) is 0 Å². The summed E-state index contributed by atoms with van der Waals surface area (Å²) >= 11 is 0. The van der Waals surface area contributed by atoms with Crippen molar-refractivity contribution in [2.45, 2.75) is 36.9 Å². The number of hydrogen-bond donors (Lipinski definition) is 2. The molecular formula is C25H26O4. The lowest BCUT2D eigenvalue weighted by atomic mass is 9.80. The molecule has 3 aromatic rings. The Balaban J connectivity index is 1.77. The van der Waals surface area contributed by atoms with Gasteiger partial charge in [-0.25, -0.2) is 0 Å². The molecule has 4 nitrogen and oxygen atoms in total. The van der Waals surface area contributed by atoms with Crippen LogP contribution in [0.2, 0.25) is 0 Å². The van der Waals surface area contributed by atoms with Crippen LogP contribution in [0, 0.1) is 0 Å². The fourth-order valence-corrected chi connectivity index (χ4v) is 4.06. The first kappa shape index (κ1) is 19.8. The Kier molecular flexibility index (Phi) is 6.07. The number of ether oxygens (including phenoxy) is 2. The van der Waals surface area contributed by atoms with Gasteiger partial charge in [-0.1, -0.05) is 91.0 Å². The van der Waals surface area contributed by atoms with Crippen molar-refractivity contribution in [2.24, 2.45) is 0 Å². The van der Waals surface area contributed by atoms with Crippen LogP contribution in [0.15, 0.2) is 91.0 Å². The summed E-state index contributed by atoms with van der Waals surface area (Å²) in [6.45, 7) is 0.243. The van der Waals surface area contributed by atoms with Gasteiger partial charge < -0.3 is 19.7 Å². The minimum Gasteiger partial charge on any atom is -0.393 e. The van der Waals surface area contributed by atoms with Gasteiger partial charge in [0.15, 0.2) is 6.29 Å². The van der Waals surface area contributed by atoms with Crippen LogP contribution in [0.1, 0.15) is 29.5 Å². The molecule has 1 aliphatic rings. The molecule has 1 heterocycles. The Labute approximate surface area is 171 Å². The van der Waals surface area contributed by atoms with Crippen LogP contribution in [0.4, 0.5) is 0 Å². The molecule has 29 heavy (non-hydrogen) atoms. The predicted octanol–water partition coefficient (Wildman–Crippen LogP) is 3.85. The average molecular weight is 390 g/mol. The van der Waals surface area contributed by atoms with Crippen molar-refractivity contribution < 1.29 is 19.7 Å². The molecule has 0 radical (unpaired) electrons. The number of aliphatic hydroxyl groups excluding tert-OH is 2. The van der Waals surface area contributed by atoms with E-state index in [9.17, 15) is 10.2 Å². The van der Waals surface area contributed by atoms with Gasteiger partial charge in [-0.05, 0) is 16.7 Å². The third kappa shape index (κ3) is 4.26. The maximum absolute atomic E-state index is 10.0. The molecule has 0 bridgehead atoms. The van der Waals surface area contributed by atoms with Crippen LogP contribution >= 0.6 is 0 Å². The fraction of sp³-hybridized carbons (Fsp3) is 0.280. The summed E-state index contributed by atoms with van der Waals surface area (Å²) in [4.78, 5) is 0. The summed E-state index contributed by atoms with van der Waals surface area (Å²) in [6.07, 6.45) is -1.27. The molecular weight excluding hydrogens is 364 g/mol. The second kappa shape index (κ2) is 8.89. The topological polar surface area (TPSA) is 58.9 Å². The highest BCUT2D eigenvalue weighted by molar-refractivity contribution is 5.47. The van der Waals surface area contributed by atoms with E-state index in [-0.39, 0.29) is 19.1 Å². The molecule has 3 unspecified atom stereocenters. The third-order valence-electron chi connectivity index (χ3n) is 5.38. The smallest absolute Gasteiger partial charge is 0.157 e. The highest BCUT2D eigenvalue weighted by Gasteiger charge is 2.39. The molecule has 3 atom stereocenters. The van der Waals surface area contributed by atoms with E-state index in [0.29, 0.717) is 6.42 Å². The molecule has 1 aliphatic heterocycles. The van der Waals surface area contributed by atoms with Crippen LogP contribution in [0.25, 0.3) is 0 Å². The lowest BCUT2D eigenvalue weighted by Crippen LogP contribution is -2.41. The van der Waals surface area contributed by atoms with Gasteiger partial charge in [0.25, 0.3) is 0 Å². The van der Waals surface area contributed by atoms with Crippen LogP contribution in [0.5, 0.6) is 0 Å². The average Bonchev–Trinajstić information content (AvgIpc) is 2.76. The summed E-state index contributed by atoms with van der Waals surface area (Å²) in [7, 11) is 0. The Hall–Kier alpha value is -2.50. The maximum atomic E-state index is 10.0. The molecule has 0 saturated carbocycles. The quantitative estimate of drug-likeness (QED) is 0.628. The number of aliphatic hydroxyl groups is 2. The van der Waals surface area contributed by atoms with Crippen LogP contribution < -0.4 is 0 Å². The van der Waals surface area contributed by atoms with Gasteiger partial charge in [0.05, 0.1) is 18.8 Å². The SMILES string of the molecule is OC1CC(O)OC(COC(c2ccccc2)(c2ccccc2)c2ccccc2)C1. The highest BCUT2D eigenvalue weighted by atomic mass is 16.6. The van der Waals surface area contributed by atoms with Crippen molar-refractivity contribution >= 4 is 0 Å². The second-order valence-electron chi connectivity index (χ2n) is 7.43. The molecule has 1 saturated heterocycles. The lowest BCUT2D eigenvalue weighted by Gasteiger charge is -2.38. The first-order valence-corrected chi connectivity index (χ1v) is 10.0. The van der Waals surface area contributed by atoms with Gasteiger partial charge >= 0.3 is 0 Å². The van der Waals surface area contributed by atoms with Crippen molar-refractivity contribution in [1.29, 1.82) is 0 Å².